The van der Waals surface area contributed by atoms with Crippen molar-refractivity contribution in [1.29, 1.82) is 0 Å². The fraction of sp³-hybridized carbons (Fsp3) is 0.155. The van der Waals surface area contributed by atoms with E-state index in [4.69, 9.17) is 37.9 Å². The molecule has 342 valence electrons. The van der Waals surface area contributed by atoms with Gasteiger partial charge in [0.15, 0.2) is 23.4 Å². The molecule has 0 bridgehead atoms. The van der Waals surface area contributed by atoms with Crippen LogP contribution in [0.2, 0.25) is 0 Å². The van der Waals surface area contributed by atoms with Gasteiger partial charge >= 0.3 is 0 Å². The molecule has 0 radical (unpaired) electrons. The molecule has 9 nitrogen and oxygen atoms in total. The first-order valence-corrected chi connectivity index (χ1v) is 23.1. The Kier molecular flexibility index (Phi) is 15.0. The normalized spacial score (nSPS) is 13.8. The molecule has 0 N–H and O–H groups in total. The summed E-state index contributed by atoms with van der Waals surface area (Å²) < 4.78 is 51.8. The summed E-state index contributed by atoms with van der Waals surface area (Å²) in [5, 5.41) is 0. The quantitative estimate of drug-likeness (QED) is 0.0486. The summed E-state index contributed by atoms with van der Waals surface area (Å²) in [6, 6.07) is 62.2. The Labute approximate surface area is 404 Å². The van der Waals surface area contributed by atoms with Crippen molar-refractivity contribution in [3.8, 4) is 40.2 Å². The van der Waals surface area contributed by atoms with Crippen molar-refractivity contribution in [2.75, 3.05) is 7.11 Å². The monoisotopic (exact) mass is 968 g/mol. The summed E-state index contributed by atoms with van der Waals surface area (Å²) in [4.78, 5) is 15.0. The molecular weight excluding hydrogens is 921 g/mol. The van der Waals surface area contributed by atoms with E-state index in [9.17, 15) is 4.79 Å². The fourth-order valence-corrected chi connectivity index (χ4v) is 8.11. The molecule has 0 aromatic heterocycles. The van der Waals surface area contributed by atoms with Crippen molar-refractivity contribution < 1.29 is 42.7 Å². The molecule has 0 amide bonds. The number of halogens is 1. The zero-order valence-electron chi connectivity index (χ0n) is 37.4. The van der Waals surface area contributed by atoms with E-state index in [-0.39, 0.29) is 38.8 Å². The standard InChI is InChI=1S/C58H49BrO9/c1-61-47-29-27-45(28-30-47)39-67-56-52(48(62-34-40-17-7-2-8-18-40)33-49(53(56)59)63-35-41-19-9-3-10-20-41)57-58(68-57)54(60)46-31-50(64-36-42-21-11-4-12-22-42)55(66-38-44-25-15-6-16-26-44)51(32-46)65-37-43-23-13-5-14-24-43/h2-33,57-58H,34-39H2,1H3. The Balaban J connectivity index is 1.09. The maximum absolute atomic E-state index is 15.0. The highest BCUT2D eigenvalue weighted by Crippen LogP contribution is 2.54. The van der Waals surface area contributed by atoms with E-state index in [0.717, 1.165) is 39.1 Å². The minimum atomic E-state index is -0.916. The summed E-state index contributed by atoms with van der Waals surface area (Å²) >= 11 is 3.85. The van der Waals surface area contributed by atoms with Gasteiger partial charge in [0.25, 0.3) is 0 Å². The topological polar surface area (TPSA) is 94.2 Å². The highest BCUT2D eigenvalue weighted by molar-refractivity contribution is 9.10. The highest BCUT2D eigenvalue weighted by atomic mass is 79.9. The van der Waals surface area contributed by atoms with Crippen molar-refractivity contribution in [1.82, 2.24) is 0 Å². The lowest BCUT2D eigenvalue weighted by atomic mass is 10.00. The van der Waals surface area contributed by atoms with Crippen LogP contribution < -0.4 is 33.2 Å². The number of carbonyl (C=O) groups excluding carboxylic acids is 1. The first-order valence-electron chi connectivity index (χ1n) is 22.3. The molecule has 0 aliphatic carbocycles. The van der Waals surface area contributed by atoms with Gasteiger partial charge in [-0.3, -0.25) is 4.79 Å². The van der Waals surface area contributed by atoms with Gasteiger partial charge in [-0.05, 0) is 73.6 Å². The van der Waals surface area contributed by atoms with Crippen LogP contribution in [0, 0.1) is 0 Å². The van der Waals surface area contributed by atoms with Crippen LogP contribution in [0.5, 0.6) is 40.2 Å². The molecule has 8 aromatic rings. The van der Waals surface area contributed by atoms with Crippen molar-refractivity contribution in [2.24, 2.45) is 0 Å². The van der Waals surface area contributed by atoms with Gasteiger partial charge in [0.05, 0.1) is 12.7 Å². The first-order chi connectivity index (χ1) is 33.5. The van der Waals surface area contributed by atoms with E-state index < -0.39 is 12.2 Å². The molecule has 1 fully saturated rings. The predicted molar refractivity (Wildman–Crippen MR) is 264 cm³/mol. The van der Waals surface area contributed by atoms with Crippen LogP contribution in [-0.2, 0) is 44.4 Å². The molecule has 0 spiro atoms. The number of benzene rings is 8. The number of hydrogen-bond donors (Lipinski definition) is 0. The molecule has 1 heterocycles. The molecule has 0 saturated carbocycles. The molecule has 10 heteroatoms. The minimum Gasteiger partial charge on any atom is -0.497 e. The molecule has 1 saturated heterocycles. The number of hydrogen-bond acceptors (Lipinski definition) is 9. The van der Waals surface area contributed by atoms with Crippen LogP contribution in [-0.4, -0.2) is 19.0 Å². The van der Waals surface area contributed by atoms with Crippen LogP contribution in [0.1, 0.15) is 55.4 Å². The number of rotatable bonds is 22. The second-order valence-corrected chi connectivity index (χ2v) is 16.9. The lowest BCUT2D eigenvalue weighted by Gasteiger charge is -2.20. The van der Waals surface area contributed by atoms with E-state index in [1.54, 1.807) is 19.2 Å². The second kappa shape index (κ2) is 22.3. The highest BCUT2D eigenvalue weighted by Gasteiger charge is 2.50. The molecule has 1 aliphatic rings. The smallest absolute Gasteiger partial charge is 0.203 e. The average molecular weight is 970 g/mol. The largest absolute Gasteiger partial charge is 0.497 e. The lowest BCUT2D eigenvalue weighted by molar-refractivity contribution is 0.0952. The van der Waals surface area contributed by atoms with E-state index in [0.29, 0.717) is 56.7 Å². The number of ether oxygens (including phenoxy) is 8. The van der Waals surface area contributed by atoms with Gasteiger partial charge < -0.3 is 37.9 Å². The molecule has 1 aliphatic heterocycles. The van der Waals surface area contributed by atoms with E-state index in [1.165, 1.54) is 0 Å². The summed E-state index contributed by atoms with van der Waals surface area (Å²) in [5.41, 5.74) is 6.59. The molecule has 2 unspecified atom stereocenters. The van der Waals surface area contributed by atoms with Gasteiger partial charge in [-0.2, -0.15) is 0 Å². The van der Waals surface area contributed by atoms with Crippen molar-refractivity contribution in [2.45, 2.75) is 51.8 Å². The zero-order valence-corrected chi connectivity index (χ0v) is 39.0. The minimum absolute atomic E-state index is 0.190. The van der Waals surface area contributed by atoms with Gasteiger partial charge in [-0.25, -0.2) is 0 Å². The first kappa shape index (κ1) is 45.6. The summed E-state index contributed by atoms with van der Waals surface area (Å²) in [6.45, 7) is 1.43. The SMILES string of the molecule is COc1ccc(COc2c(Br)c(OCc3ccccc3)cc(OCc3ccccc3)c2C2OC2C(=O)c2cc(OCc3ccccc3)c(OCc3ccccc3)c(OCc3ccccc3)c2)cc1. The second-order valence-electron chi connectivity index (χ2n) is 16.1. The Morgan fingerprint density at radius 3 is 1.24 bits per heavy atom. The molecule has 8 aromatic carbocycles. The maximum Gasteiger partial charge on any atom is 0.203 e. The average Bonchev–Trinajstić information content (AvgIpc) is 4.20. The van der Waals surface area contributed by atoms with Crippen molar-refractivity contribution in [3.63, 3.8) is 0 Å². The van der Waals surface area contributed by atoms with Gasteiger partial charge in [0, 0.05) is 11.6 Å². The van der Waals surface area contributed by atoms with E-state index in [2.05, 4.69) is 15.9 Å². The van der Waals surface area contributed by atoms with Gasteiger partial charge in [-0.1, -0.05) is 164 Å². The maximum atomic E-state index is 15.0. The number of carbonyl (C=O) groups is 1. The Morgan fingerprint density at radius 1 is 0.441 bits per heavy atom. The summed E-state index contributed by atoms with van der Waals surface area (Å²) in [6.07, 6.45) is -1.67. The molecular formula is C58H49BrO9. The van der Waals surface area contributed by atoms with E-state index >= 15 is 0 Å². The molecule has 2 atom stereocenters. The number of methoxy groups -OCH3 is 1. The van der Waals surface area contributed by atoms with Gasteiger partial charge in [-0.15, -0.1) is 0 Å². The van der Waals surface area contributed by atoms with Gasteiger partial charge in [0.1, 0.15) is 73.2 Å². The fourth-order valence-electron chi connectivity index (χ4n) is 7.56. The van der Waals surface area contributed by atoms with Crippen molar-refractivity contribution in [3.05, 3.63) is 243 Å². The van der Waals surface area contributed by atoms with E-state index in [1.807, 2.05) is 182 Å². The van der Waals surface area contributed by atoms with Crippen LogP contribution in [0.3, 0.4) is 0 Å². The van der Waals surface area contributed by atoms with Crippen LogP contribution in [0.15, 0.2) is 199 Å². The third kappa shape index (κ3) is 11.7. The van der Waals surface area contributed by atoms with Crippen molar-refractivity contribution >= 4 is 21.7 Å². The summed E-state index contributed by atoms with van der Waals surface area (Å²) in [7, 11) is 1.63. The Hall–Kier alpha value is -7.53. The lowest BCUT2D eigenvalue weighted by Crippen LogP contribution is -2.12. The number of ketones is 1. The third-order valence-corrected chi connectivity index (χ3v) is 12.0. The van der Waals surface area contributed by atoms with Gasteiger partial charge in [0.2, 0.25) is 5.75 Å². The third-order valence-electron chi connectivity index (χ3n) is 11.2. The molecule has 68 heavy (non-hydrogen) atoms. The summed E-state index contributed by atoms with van der Waals surface area (Å²) in [5.74, 6) is 2.92. The molecule has 9 rings (SSSR count). The van der Waals surface area contributed by atoms with Crippen LogP contribution >= 0.6 is 15.9 Å². The Bertz CT molecular complexity index is 2820. The van der Waals surface area contributed by atoms with Crippen LogP contribution in [0.4, 0.5) is 0 Å². The Morgan fingerprint density at radius 2 is 0.809 bits per heavy atom. The van der Waals surface area contributed by atoms with Crippen LogP contribution in [0.25, 0.3) is 0 Å². The number of epoxide rings is 1. The predicted octanol–water partition coefficient (Wildman–Crippen LogP) is 13.3. The number of Topliss-reactive ketones (excluding diaryl/α,β-unsaturated/α-hetero) is 1. The zero-order chi connectivity index (χ0) is 46.5.